The van der Waals surface area contributed by atoms with Crippen molar-refractivity contribution in [3.05, 3.63) is 41.3 Å². The minimum Gasteiger partial charge on any atom is -0.477 e. The Kier molecular flexibility index (Phi) is 5.02. The average Bonchev–Trinajstić information content (AvgIpc) is 3.01. The van der Waals surface area contributed by atoms with Crippen molar-refractivity contribution in [1.29, 1.82) is 0 Å². The average molecular weight is 320 g/mol. The normalized spacial score (nSPS) is 12.0. The summed E-state index contributed by atoms with van der Waals surface area (Å²) in [7, 11) is 3.08. The largest absolute Gasteiger partial charge is 0.477 e. The molecule has 0 saturated heterocycles. The summed E-state index contributed by atoms with van der Waals surface area (Å²) < 4.78 is 10.1. The molecular weight excluding hydrogens is 304 g/mol. The first-order valence-electron chi connectivity index (χ1n) is 6.72. The monoisotopic (exact) mass is 320 g/mol. The molecule has 0 radical (unpaired) electrons. The van der Waals surface area contributed by atoms with Gasteiger partial charge in [0, 0.05) is 25.9 Å². The van der Waals surface area contributed by atoms with E-state index in [1.807, 2.05) is 0 Å². The number of rotatable bonds is 6. The Balaban J connectivity index is 2.09. The van der Waals surface area contributed by atoms with Crippen molar-refractivity contribution in [2.45, 2.75) is 19.6 Å². The molecule has 9 nitrogen and oxygen atoms in total. The number of carbonyl (C=O) groups is 2. The smallest absolute Gasteiger partial charge is 0.354 e. The molecular formula is C14H16N4O5. The summed E-state index contributed by atoms with van der Waals surface area (Å²) in [5.74, 6) is -0.931. The van der Waals surface area contributed by atoms with E-state index in [1.165, 1.54) is 30.3 Å². The third-order valence-electron chi connectivity index (χ3n) is 3.15. The second kappa shape index (κ2) is 6.97. The van der Waals surface area contributed by atoms with E-state index in [2.05, 4.69) is 15.1 Å². The number of hydrogen-bond donors (Lipinski definition) is 1. The van der Waals surface area contributed by atoms with Gasteiger partial charge in [0.25, 0.3) is 5.91 Å². The minimum atomic E-state index is -1.20. The molecule has 2 rings (SSSR count). The highest BCUT2D eigenvalue weighted by Crippen LogP contribution is 2.13. The van der Waals surface area contributed by atoms with Crippen LogP contribution in [0.25, 0.3) is 0 Å². The lowest BCUT2D eigenvalue weighted by Gasteiger charge is -2.14. The van der Waals surface area contributed by atoms with E-state index in [0.29, 0.717) is 5.82 Å². The van der Waals surface area contributed by atoms with E-state index in [0.717, 1.165) is 0 Å². The van der Waals surface area contributed by atoms with Crippen LogP contribution in [0.15, 0.2) is 22.9 Å². The minimum absolute atomic E-state index is 0.0903. The topological polar surface area (TPSA) is 119 Å². The SMILES string of the molecule is COC(C)c1noc(CN(C)C(=O)c2ccnc(C(=O)O)c2)n1. The van der Waals surface area contributed by atoms with Crippen molar-refractivity contribution in [3.8, 4) is 0 Å². The molecule has 1 atom stereocenters. The second-order valence-corrected chi connectivity index (χ2v) is 4.82. The zero-order valence-corrected chi connectivity index (χ0v) is 12.9. The number of aromatic carboxylic acids is 1. The third kappa shape index (κ3) is 3.89. The molecule has 0 aliphatic heterocycles. The number of pyridine rings is 1. The van der Waals surface area contributed by atoms with Crippen molar-refractivity contribution >= 4 is 11.9 Å². The van der Waals surface area contributed by atoms with Gasteiger partial charge in [0.1, 0.15) is 11.8 Å². The fourth-order valence-corrected chi connectivity index (χ4v) is 1.78. The molecule has 0 fully saturated rings. The van der Waals surface area contributed by atoms with Crippen LogP contribution in [-0.4, -0.2) is 51.2 Å². The summed E-state index contributed by atoms with van der Waals surface area (Å²) in [5.41, 5.74) is 0.0168. The first-order chi connectivity index (χ1) is 10.9. The highest BCUT2D eigenvalue weighted by atomic mass is 16.5. The van der Waals surface area contributed by atoms with Gasteiger partial charge in [0.05, 0.1) is 6.54 Å². The van der Waals surface area contributed by atoms with Crippen LogP contribution < -0.4 is 0 Å². The first kappa shape index (κ1) is 16.6. The van der Waals surface area contributed by atoms with Gasteiger partial charge >= 0.3 is 5.97 Å². The molecule has 2 heterocycles. The Hall–Kier alpha value is -2.81. The van der Waals surface area contributed by atoms with E-state index in [4.69, 9.17) is 14.4 Å². The van der Waals surface area contributed by atoms with Crippen molar-refractivity contribution in [2.24, 2.45) is 0 Å². The molecule has 1 amide bonds. The van der Waals surface area contributed by atoms with Crippen LogP contribution in [0.2, 0.25) is 0 Å². The Morgan fingerprint density at radius 2 is 2.22 bits per heavy atom. The molecule has 122 valence electrons. The lowest BCUT2D eigenvalue weighted by molar-refractivity contribution is 0.0690. The predicted molar refractivity (Wildman–Crippen MR) is 76.7 cm³/mol. The maximum atomic E-state index is 12.3. The first-order valence-corrected chi connectivity index (χ1v) is 6.72. The molecule has 1 unspecified atom stereocenters. The number of carboxylic acid groups (broad SMARTS) is 1. The Labute approximate surface area is 131 Å². The number of carbonyl (C=O) groups excluding carboxylic acids is 1. The van der Waals surface area contributed by atoms with E-state index in [9.17, 15) is 9.59 Å². The second-order valence-electron chi connectivity index (χ2n) is 4.82. The third-order valence-corrected chi connectivity index (χ3v) is 3.15. The molecule has 2 aromatic rings. The van der Waals surface area contributed by atoms with Crippen molar-refractivity contribution in [2.75, 3.05) is 14.2 Å². The lowest BCUT2D eigenvalue weighted by Crippen LogP contribution is -2.26. The summed E-state index contributed by atoms with van der Waals surface area (Å²) in [6.07, 6.45) is 0.960. The number of ether oxygens (including phenoxy) is 1. The maximum absolute atomic E-state index is 12.3. The molecule has 0 aromatic carbocycles. The van der Waals surface area contributed by atoms with E-state index < -0.39 is 5.97 Å². The van der Waals surface area contributed by atoms with Gasteiger partial charge in [-0.1, -0.05) is 5.16 Å². The molecule has 0 bridgehead atoms. The zero-order valence-electron chi connectivity index (χ0n) is 12.9. The van der Waals surface area contributed by atoms with E-state index >= 15 is 0 Å². The van der Waals surface area contributed by atoms with Gasteiger partial charge in [0.2, 0.25) is 5.89 Å². The summed E-state index contributed by atoms with van der Waals surface area (Å²) >= 11 is 0. The van der Waals surface area contributed by atoms with Gasteiger partial charge in [-0.15, -0.1) is 0 Å². The number of hydrogen-bond acceptors (Lipinski definition) is 7. The van der Waals surface area contributed by atoms with E-state index in [1.54, 1.807) is 14.0 Å². The summed E-state index contributed by atoms with van der Waals surface area (Å²) in [6.45, 7) is 1.86. The molecule has 0 saturated carbocycles. The number of carboxylic acids is 1. The quantitative estimate of drug-likeness (QED) is 0.841. The maximum Gasteiger partial charge on any atom is 0.354 e. The number of amides is 1. The molecule has 9 heteroatoms. The van der Waals surface area contributed by atoms with Gasteiger partial charge in [-0.05, 0) is 19.1 Å². The molecule has 0 aliphatic carbocycles. The highest BCUT2D eigenvalue weighted by Gasteiger charge is 2.19. The zero-order chi connectivity index (χ0) is 17.0. The lowest BCUT2D eigenvalue weighted by atomic mass is 10.2. The van der Waals surface area contributed by atoms with Crippen LogP contribution in [0.3, 0.4) is 0 Å². The fourth-order valence-electron chi connectivity index (χ4n) is 1.78. The predicted octanol–water partition coefficient (Wildman–Crippen LogP) is 1.14. The summed E-state index contributed by atoms with van der Waals surface area (Å²) in [6, 6.07) is 2.66. The van der Waals surface area contributed by atoms with Crippen molar-refractivity contribution in [3.63, 3.8) is 0 Å². The molecule has 23 heavy (non-hydrogen) atoms. The van der Waals surface area contributed by atoms with Crippen molar-refractivity contribution in [1.82, 2.24) is 20.0 Å². The Morgan fingerprint density at radius 1 is 1.48 bits per heavy atom. The van der Waals surface area contributed by atoms with E-state index in [-0.39, 0.29) is 35.7 Å². The number of aromatic nitrogens is 3. The fraction of sp³-hybridized carbons (Fsp3) is 0.357. The summed E-state index contributed by atoms with van der Waals surface area (Å²) in [5, 5.41) is 12.7. The standard InChI is InChI=1S/C14H16N4O5/c1-8(22-3)12-16-11(23-17-12)7-18(2)13(19)9-4-5-15-10(6-9)14(20)21/h4-6,8H,7H2,1-3H3,(H,20,21). The highest BCUT2D eigenvalue weighted by molar-refractivity contribution is 5.96. The molecule has 1 N–H and O–H groups in total. The Morgan fingerprint density at radius 3 is 2.87 bits per heavy atom. The summed E-state index contributed by atoms with van der Waals surface area (Å²) in [4.78, 5) is 32.4. The number of nitrogens with zero attached hydrogens (tertiary/aromatic N) is 4. The van der Waals surface area contributed by atoms with Gasteiger partial charge in [-0.25, -0.2) is 9.78 Å². The van der Waals surface area contributed by atoms with Crippen LogP contribution in [0.1, 0.15) is 45.6 Å². The number of methoxy groups -OCH3 is 1. The van der Waals surface area contributed by atoms with Crippen LogP contribution in [0, 0.1) is 0 Å². The van der Waals surface area contributed by atoms with Gasteiger partial charge < -0.3 is 19.3 Å². The Bertz CT molecular complexity index is 715. The molecule has 0 spiro atoms. The van der Waals surface area contributed by atoms with Crippen molar-refractivity contribution < 1.29 is 24.0 Å². The van der Waals surface area contributed by atoms with Gasteiger partial charge in [-0.3, -0.25) is 4.79 Å². The van der Waals surface area contributed by atoms with Crippen LogP contribution in [0.5, 0.6) is 0 Å². The van der Waals surface area contributed by atoms with Crippen LogP contribution in [0.4, 0.5) is 0 Å². The van der Waals surface area contributed by atoms with Gasteiger partial charge in [-0.2, -0.15) is 4.98 Å². The molecule has 0 aliphatic rings. The van der Waals surface area contributed by atoms with Gasteiger partial charge in [0.15, 0.2) is 5.82 Å². The molecule has 2 aromatic heterocycles. The van der Waals surface area contributed by atoms with Crippen LogP contribution >= 0.6 is 0 Å². The van der Waals surface area contributed by atoms with Crippen LogP contribution in [-0.2, 0) is 11.3 Å².